The summed E-state index contributed by atoms with van der Waals surface area (Å²) in [5.74, 6) is -1.43. The van der Waals surface area contributed by atoms with Crippen molar-refractivity contribution in [1.29, 1.82) is 0 Å². The van der Waals surface area contributed by atoms with Gasteiger partial charge in [-0.1, -0.05) is 15.9 Å². The Hall–Kier alpha value is -1.36. The van der Waals surface area contributed by atoms with Crippen molar-refractivity contribution < 1.29 is 14.3 Å². The van der Waals surface area contributed by atoms with Crippen LogP contribution in [-0.2, 0) is 0 Å². The molecule has 4 nitrogen and oxygen atoms in total. The highest BCUT2D eigenvalue weighted by Gasteiger charge is 2.14. The minimum atomic E-state index is -1.16. The third-order valence-corrected chi connectivity index (χ3v) is 2.28. The van der Waals surface area contributed by atoms with E-state index in [-0.39, 0.29) is 5.89 Å². The summed E-state index contributed by atoms with van der Waals surface area (Å²) in [7, 11) is 0. The van der Waals surface area contributed by atoms with Gasteiger partial charge in [0.15, 0.2) is 5.58 Å². The number of hydrogen-bond donors (Lipinski definition) is 1. The van der Waals surface area contributed by atoms with E-state index in [9.17, 15) is 4.79 Å². The van der Waals surface area contributed by atoms with Crippen LogP contribution < -0.4 is 0 Å². The number of rotatable bonds is 1. The zero-order valence-corrected chi connectivity index (χ0v) is 8.83. The van der Waals surface area contributed by atoms with E-state index in [0.717, 1.165) is 10.0 Å². The van der Waals surface area contributed by atoms with Gasteiger partial charge in [0.2, 0.25) is 0 Å². The summed E-state index contributed by atoms with van der Waals surface area (Å²) in [6.45, 7) is 1.84. The van der Waals surface area contributed by atoms with Crippen LogP contribution in [-0.4, -0.2) is 16.1 Å². The Morgan fingerprint density at radius 3 is 2.93 bits per heavy atom. The lowest BCUT2D eigenvalue weighted by Gasteiger charge is -1.93. The second-order valence-corrected chi connectivity index (χ2v) is 3.81. The summed E-state index contributed by atoms with van der Waals surface area (Å²) < 4.78 is 5.94. The number of fused-ring (bicyclic) bond motifs is 1. The van der Waals surface area contributed by atoms with Crippen molar-refractivity contribution in [3.8, 4) is 0 Å². The number of oxazole rings is 1. The molecule has 0 aliphatic heterocycles. The molecule has 0 atom stereocenters. The Balaban J connectivity index is 2.76. The SMILES string of the molecule is Cc1cc(Br)cc2nc(C(=O)O)oc12. The number of aromatic carboxylic acids is 1. The van der Waals surface area contributed by atoms with Crippen LogP contribution in [0.1, 0.15) is 16.2 Å². The minimum Gasteiger partial charge on any atom is -0.474 e. The lowest BCUT2D eigenvalue weighted by Crippen LogP contribution is -1.94. The van der Waals surface area contributed by atoms with Crippen LogP contribution in [0.4, 0.5) is 0 Å². The van der Waals surface area contributed by atoms with Crippen molar-refractivity contribution in [1.82, 2.24) is 4.98 Å². The first kappa shape index (κ1) is 9.21. The second kappa shape index (κ2) is 3.09. The first-order valence-electron chi connectivity index (χ1n) is 3.88. The van der Waals surface area contributed by atoms with E-state index < -0.39 is 5.97 Å². The summed E-state index contributed by atoms with van der Waals surface area (Å²) in [5.41, 5.74) is 1.93. The summed E-state index contributed by atoms with van der Waals surface area (Å²) in [6, 6.07) is 3.57. The summed E-state index contributed by atoms with van der Waals surface area (Å²) >= 11 is 3.30. The number of aryl methyl sites for hydroxylation is 1. The maximum absolute atomic E-state index is 10.6. The van der Waals surface area contributed by atoms with Gasteiger partial charge in [-0.2, -0.15) is 0 Å². The van der Waals surface area contributed by atoms with E-state index in [1.807, 2.05) is 13.0 Å². The van der Waals surface area contributed by atoms with Crippen molar-refractivity contribution in [2.24, 2.45) is 0 Å². The molecule has 14 heavy (non-hydrogen) atoms. The largest absolute Gasteiger partial charge is 0.474 e. The van der Waals surface area contributed by atoms with Gasteiger partial charge >= 0.3 is 11.9 Å². The molecule has 0 saturated heterocycles. The molecule has 0 spiro atoms. The van der Waals surface area contributed by atoms with E-state index in [1.165, 1.54) is 0 Å². The van der Waals surface area contributed by atoms with Gasteiger partial charge in [-0.15, -0.1) is 0 Å². The van der Waals surface area contributed by atoms with Crippen LogP contribution in [0, 0.1) is 6.92 Å². The fraction of sp³-hybridized carbons (Fsp3) is 0.111. The molecule has 0 bridgehead atoms. The first-order chi connectivity index (χ1) is 6.58. The fourth-order valence-electron chi connectivity index (χ4n) is 1.25. The molecule has 2 aromatic rings. The predicted molar refractivity (Wildman–Crippen MR) is 53.4 cm³/mol. The lowest BCUT2D eigenvalue weighted by atomic mass is 10.2. The molecule has 2 rings (SSSR count). The Kier molecular flexibility index (Phi) is 2.03. The van der Waals surface area contributed by atoms with Crippen LogP contribution in [0.5, 0.6) is 0 Å². The summed E-state index contributed by atoms with van der Waals surface area (Å²) in [5, 5.41) is 8.68. The molecule has 0 amide bonds. The molecular weight excluding hydrogens is 250 g/mol. The number of carboxylic acids is 1. The van der Waals surface area contributed by atoms with E-state index in [4.69, 9.17) is 9.52 Å². The van der Waals surface area contributed by atoms with Crippen molar-refractivity contribution in [3.63, 3.8) is 0 Å². The smallest absolute Gasteiger partial charge is 0.392 e. The second-order valence-electron chi connectivity index (χ2n) is 2.90. The highest BCUT2D eigenvalue weighted by atomic mass is 79.9. The van der Waals surface area contributed by atoms with Crippen LogP contribution >= 0.6 is 15.9 Å². The van der Waals surface area contributed by atoms with E-state index in [0.29, 0.717) is 11.1 Å². The molecule has 0 saturated carbocycles. The number of carboxylic acid groups (broad SMARTS) is 1. The molecule has 1 aromatic heterocycles. The minimum absolute atomic E-state index is 0.277. The molecule has 1 heterocycles. The topological polar surface area (TPSA) is 63.3 Å². The third-order valence-electron chi connectivity index (χ3n) is 1.82. The highest BCUT2D eigenvalue weighted by Crippen LogP contribution is 2.24. The van der Waals surface area contributed by atoms with Crippen molar-refractivity contribution >= 4 is 33.0 Å². The zero-order valence-electron chi connectivity index (χ0n) is 7.24. The Morgan fingerprint density at radius 1 is 1.57 bits per heavy atom. The highest BCUT2D eigenvalue weighted by molar-refractivity contribution is 9.10. The lowest BCUT2D eigenvalue weighted by molar-refractivity contribution is 0.0656. The van der Waals surface area contributed by atoms with Crippen LogP contribution in [0.3, 0.4) is 0 Å². The number of hydrogen-bond acceptors (Lipinski definition) is 3. The van der Waals surface area contributed by atoms with Gasteiger partial charge in [-0.3, -0.25) is 0 Å². The van der Waals surface area contributed by atoms with Gasteiger partial charge in [0, 0.05) is 4.47 Å². The predicted octanol–water partition coefficient (Wildman–Crippen LogP) is 2.60. The third kappa shape index (κ3) is 1.39. The van der Waals surface area contributed by atoms with Crippen LogP contribution in [0.25, 0.3) is 11.1 Å². The summed E-state index contributed by atoms with van der Waals surface area (Å²) in [4.78, 5) is 14.4. The molecule has 1 N–H and O–H groups in total. The van der Waals surface area contributed by atoms with Gasteiger partial charge in [-0.05, 0) is 24.6 Å². The van der Waals surface area contributed by atoms with Gasteiger partial charge in [0.1, 0.15) is 5.52 Å². The van der Waals surface area contributed by atoms with Gasteiger partial charge < -0.3 is 9.52 Å². The van der Waals surface area contributed by atoms with Gasteiger partial charge in [0.25, 0.3) is 0 Å². The van der Waals surface area contributed by atoms with Crippen molar-refractivity contribution in [2.75, 3.05) is 0 Å². The quantitative estimate of drug-likeness (QED) is 0.851. The number of halogens is 1. The van der Waals surface area contributed by atoms with Gasteiger partial charge in [0.05, 0.1) is 0 Å². The zero-order chi connectivity index (χ0) is 10.3. The number of nitrogens with zero attached hydrogens (tertiary/aromatic N) is 1. The van der Waals surface area contributed by atoms with E-state index >= 15 is 0 Å². The molecule has 0 aliphatic carbocycles. The molecule has 5 heteroatoms. The Bertz CT molecular complexity index is 518. The van der Waals surface area contributed by atoms with Gasteiger partial charge in [-0.25, -0.2) is 9.78 Å². The molecule has 72 valence electrons. The number of aromatic nitrogens is 1. The molecule has 0 aliphatic rings. The molecule has 0 fully saturated rings. The van der Waals surface area contributed by atoms with E-state index in [1.54, 1.807) is 6.07 Å². The van der Waals surface area contributed by atoms with E-state index in [2.05, 4.69) is 20.9 Å². The normalized spacial score (nSPS) is 10.7. The summed E-state index contributed by atoms with van der Waals surface area (Å²) in [6.07, 6.45) is 0. The first-order valence-corrected chi connectivity index (χ1v) is 4.67. The molecule has 1 aromatic carbocycles. The molecule has 0 radical (unpaired) electrons. The maximum atomic E-state index is 10.6. The Morgan fingerprint density at radius 2 is 2.29 bits per heavy atom. The number of benzene rings is 1. The fourth-order valence-corrected chi connectivity index (χ4v) is 1.81. The average Bonchev–Trinajstić information content (AvgIpc) is 2.47. The molecular formula is C9H6BrNO3. The Labute approximate surface area is 87.7 Å². The van der Waals surface area contributed by atoms with Crippen molar-refractivity contribution in [2.45, 2.75) is 6.92 Å². The number of carbonyl (C=O) groups is 1. The van der Waals surface area contributed by atoms with Crippen LogP contribution in [0.2, 0.25) is 0 Å². The average molecular weight is 256 g/mol. The molecule has 0 unspecified atom stereocenters. The monoisotopic (exact) mass is 255 g/mol. The van der Waals surface area contributed by atoms with Crippen molar-refractivity contribution in [3.05, 3.63) is 28.1 Å². The maximum Gasteiger partial charge on any atom is 0.392 e. The van der Waals surface area contributed by atoms with Crippen LogP contribution in [0.15, 0.2) is 21.0 Å². The standard InChI is InChI=1S/C9H6BrNO3/c1-4-2-5(10)3-6-7(4)14-8(11-6)9(12)13/h2-3H,1H3,(H,12,13).